The molecule has 0 aliphatic carbocycles. The monoisotopic (exact) mass is 583 g/mol. The molecule has 40 heavy (non-hydrogen) atoms. The standard InChI is InChI=1S/C31H38ClN3O4S/c1-6-28(31(37)33-19-22(2)3)34(20-25-14-16-26(32)17-15-25)30(36)21-35(29-18-23(4)12-13-24(29)5)40(38,39)27-10-8-7-9-11-27/h7-18,22,28H,6,19-21H2,1-5H3,(H,33,37). The quantitative estimate of drug-likeness (QED) is 0.295. The molecule has 1 N–H and O–H groups in total. The predicted molar refractivity (Wildman–Crippen MR) is 161 cm³/mol. The van der Waals surface area contributed by atoms with E-state index in [-0.39, 0.29) is 23.3 Å². The molecule has 1 unspecified atom stereocenters. The van der Waals surface area contributed by atoms with Gasteiger partial charge in [-0.2, -0.15) is 0 Å². The van der Waals surface area contributed by atoms with E-state index in [4.69, 9.17) is 11.6 Å². The van der Waals surface area contributed by atoms with Crippen LogP contribution in [0.3, 0.4) is 0 Å². The number of sulfonamides is 1. The highest BCUT2D eigenvalue weighted by Gasteiger charge is 2.34. The molecule has 3 rings (SSSR count). The van der Waals surface area contributed by atoms with Crippen LogP contribution in [0.1, 0.15) is 43.9 Å². The summed E-state index contributed by atoms with van der Waals surface area (Å²) in [5.74, 6) is -0.526. The molecule has 0 aromatic heterocycles. The smallest absolute Gasteiger partial charge is 0.264 e. The molecule has 0 heterocycles. The number of halogens is 1. The number of aryl methyl sites for hydroxylation is 2. The molecular formula is C31H38ClN3O4S. The molecule has 0 saturated heterocycles. The first-order chi connectivity index (χ1) is 18.9. The first-order valence-electron chi connectivity index (χ1n) is 13.4. The van der Waals surface area contributed by atoms with Gasteiger partial charge in [-0.3, -0.25) is 13.9 Å². The van der Waals surface area contributed by atoms with Gasteiger partial charge in [0.1, 0.15) is 12.6 Å². The molecule has 0 aliphatic rings. The fraction of sp³-hybridized carbons (Fsp3) is 0.355. The van der Waals surface area contributed by atoms with Crippen molar-refractivity contribution in [1.82, 2.24) is 10.2 Å². The molecule has 0 fully saturated rings. The first kappa shape index (κ1) is 31.2. The minimum atomic E-state index is -4.11. The van der Waals surface area contributed by atoms with Crippen molar-refractivity contribution in [2.45, 2.75) is 58.5 Å². The number of hydrogen-bond acceptors (Lipinski definition) is 4. The van der Waals surface area contributed by atoms with Gasteiger partial charge in [0.25, 0.3) is 10.0 Å². The van der Waals surface area contributed by atoms with Crippen LogP contribution >= 0.6 is 11.6 Å². The van der Waals surface area contributed by atoms with Gasteiger partial charge >= 0.3 is 0 Å². The van der Waals surface area contributed by atoms with Crippen LogP contribution in [-0.4, -0.2) is 44.3 Å². The second-order valence-electron chi connectivity index (χ2n) is 10.3. The van der Waals surface area contributed by atoms with E-state index < -0.39 is 28.5 Å². The summed E-state index contributed by atoms with van der Waals surface area (Å²) in [4.78, 5) is 29.0. The van der Waals surface area contributed by atoms with E-state index in [2.05, 4.69) is 5.32 Å². The largest absolute Gasteiger partial charge is 0.354 e. The molecule has 7 nitrogen and oxygen atoms in total. The zero-order valence-corrected chi connectivity index (χ0v) is 25.3. The van der Waals surface area contributed by atoms with E-state index in [1.54, 1.807) is 48.5 Å². The Morgan fingerprint density at radius 3 is 2.20 bits per heavy atom. The Morgan fingerprint density at radius 1 is 0.950 bits per heavy atom. The van der Waals surface area contributed by atoms with Gasteiger partial charge in [0, 0.05) is 18.1 Å². The lowest BCUT2D eigenvalue weighted by Crippen LogP contribution is -2.52. The highest BCUT2D eigenvalue weighted by molar-refractivity contribution is 7.92. The Balaban J connectivity index is 2.07. The van der Waals surface area contributed by atoms with Gasteiger partial charge in [-0.1, -0.05) is 74.8 Å². The van der Waals surface area contributed by atoms with Gasteiger partial charge < -0.3 is 10.2 Å². The van der Waals surface area contributed by atoms with Gasteiger partial charge in [-0.15, -0.1) is 0 Å². The van der Waals surface area contributed by atoms with Crippen LogP contribution in [0.4, 0.5) is 5.69 Å². The zero-order valence-electron chi connectivity index (χ0n) is 23.7. The minimum absolute atomic E-state index is 0.0784. The van der Waals surface area contributed by atoms with Crippen LogP contribution in [0.2, 0.25) is 5.02 Å². The second kappa shape index (κ2) is 13.8. The van der Waals surface area contributed by atoms with Crippen LogP contribution in [0.15, 0.2) is 77.7 Å². The van der Waals surface area contributed by atoms with Gasteiger partial charge in [0.15, 0.2) is 0 Å². The Bertz CT molecular complexity index is 1410. The maximum Gasteiger partial charge on any atom is 0.264 e. The molecule has 0 aliphatic heterocycles. The van der Waals surface area contributed by atoms with Crippen molar-refractivity contribution < 1.29 is 18.0 Å². The van der Waals surface area contributed by atoms with Crippen molar-refractivity contribution in [3.63, 3.8) is 0 Å². The Labute approximate surface area is 243 Å². The fourth-order valence-electron chi connectivity index (χ4n) is 4.35. The SMILES string of the molecule is CCC(C(=O)NCC(C)C)N(Cc1ccc(Cl)cc1)C(=O)CN(c1cc(C)ccc1C)S(=O)(=O)c1ccccc1. The topological polar surface area (TPSA) is 86.8 Å². The van der Waals surface area contributed by atoms with Gasteiger partial charge in [-0.25, -0.2) is 8.42 Å². The third-order valence-corrected chi connectivity index (χ3v) is 8.61. The summed E-state index contributed by atoms with van der Waals surface area (Å²) in [6, 6.07) is 19.8. The highest BCUT2D eigenvalue weighted by atomic mass is 35.5. The summed E-state index contributed by atoms with van der Waals surface area (Å²) in [5, 5.41) is 3.49. The average molecular weight is 584 g/mol. The third-order valence-electron chi connectivity index (χ3n) is 6.58. The number of anilines is 1. The van der Waals surface area contributed by atoms with E-state index in [1.165, 1.54) is 17.0 Å². The summed E-state index contributed by atoms with van der Waals surface area (Å²) in [6.45, 7) is 9.63. The lowest BCUT2D eigenvalue weighted by Gasteiger charge is -2.33. The number of nitrogens with zero attached hydrogens (tertiary/aromatic N) is 2. The van der Waals surface area contributed by atoms with Crippen LogP contribution < -0.4 is 9.62 Å². The molecule has 9 heteroatoms. The van der Waals surface area contributed by atoms with Crippen LogP contribution in [-0.2, 0) is 26.2 Å². The third kappa shape index (κ3) is 7.86. The number of carbonyl (C=O) groups is 2. The maximum atomic E-state index is 14.1. The number of carbonyl (C=O) groups excluding carboxylic acids is 2. The number of nitrogens with one attached hydrogen (secondary N) is 1. The van der Waals surface area contributed by atoms with Gasteiger partial charge in [0.2, 0.25) is 11.8 Å². The molecule has 0 radical (unpaired) electrons. The first-order valence-corrected chi connectivity index (χ1v) is 15.2. The van der Waals surface area contributed by atoms with E-state index in [9.17, 15) is 18.0 Å². The van der Waals surface area contributed by atoms with Gasteiger partial charge in [0.05, 0.1) is 10.6 Å². The Hall–Kier alpha value is -3.36. The maximum absolute atomic E-state index is 14.1. The summed E-state index contributed by atoms with van der Waals surface area (Å²) >= 11 is 6.08. The van der Waals surface area contributed by atoms with E-state index in [0.29, 0.717) is 29.2 Å². The van der Waals surface area contributed by atoms with Crippen LogP contribution in [0, 0.1) is 19.8 Å². The van der Waals surface area contributed by atoms with Crippen LogP contribution in [0.25, 0.3) is 0 Å². The fourth-order valence-corrected chi connectivity index (χ4v) is 5.97. The van der Waals surface area contributed by atoms with Crippen molar-refractivity contribution in [2.24, 2.45) is 5.92 Å². The van der Waals surface area contributed by atoms with Crippen molar-refractivity contribution in [3.05, 3.63) is 94.5 Å². The summed E-state index contributed by atoms with van der Waals surface area (Å²) in [5.41, 5.74) is 2.76. The normalized spacial score (nSPS) is 12.2. The average Bonchev–Trinajstić information content (AvgIpc) is 2.93. The predicted octanol–water partition coefficient (Wildman–Crippen LogP) is 5.73. The minimum Gasteiger partial charge on any atom is -0.354 e. The molecule has 3 aromatic carbocycles. The number of hydrogen-bond donors (Lipinski definition) is 1. The number of rotatable bonds is 12. The number of benzene rings is 3. The summed E-state index contributed by atoms with van der Waals surface area (Å²) in [7, 11) is -4.11. The molecule has 0 bridgehead atoms. The molecule has 3 aromatic rings. The molecular weight excluding hydrogens is 546 g/mol. The van der Waals surface area contributed by atoms with E-state index in [1.807, 2.05) is 46.8 Å². The molecule has 2 amide bonds. The van der Waals surface area contributed by atoms with Crippen molar-refractivity contribution in [3.8, 4) is 0 Å². The molecule has 0 spiro atoms. The van der Waals surface area contributed by atoms with E-state index >= 15 is 0 Å². The Morgan fingerprint density at radius 2 is 1.60 bits per heavy atom. The molecule has 1 atom stereocenters. The molecule has 214 valence electrons. The summed E-state index contributed by atoms with van der Waals surface area (Å²) in [6.07, 6.45) is 0.359. The Kier molecular flexibility index (Phi) is 10.8. The van der Waals surface area contributed by atoms with Crippen LogP contribution in [0.5, 0.6) is 0 Å². The lowest BCUT2D eigenvalue weighted by atomic mass is 10.1. The number of amides is 2. The second-order valence-corrected chi connectivity index (χ2v) is 12.6. The van der Waals surface area contributed by atoms with Crippen molar-refractivity contribution >= 4 is 39.1 Å². The zero-order chi connectivity index (χ0) is 29.4. The van der Waals surface area contributed by atoms with Crippen molar-refractivity contribution in [1.29, 1.82) is 0 Å². The molecule has 0 saturated carbocycles. The van der Waals surface area contributed by atoms with E-state index in [0.717, 1.165) is 15.4 Å². The van der Waals surface area contributed by atoms with Gasteiger partial charge in [-0.05, 0) is 73.2 Å². The van der Waals surface area contributed by atoms with Crippen molar-refractivity contribution in [2.75, 3.05) is 17.4 Å². The lowest BCUT2D eigenvalue weighted by molar-refractivity contribution is -0.140. The highest BCUT2D eigenvalue weighted by Crippen LogP contribution is 2.28. The summed E-state index contributed by atoms with van der Waals surface area (Å²) < 4.78 is 29.1.